The molecule has 110 valence electrons. The van der Waals surface area contributed by atoms with Crippen molar-refractivity contribution in [2.45, 2.75) is 26.7 Å². The molecule has 2 amide bonds. The Morgan fingerprint density at radius 3 is 2.43 bits per heavy atom. The summed E-state index contributed by atoms with van der Waals surface area (Å²) in [6, 6.07) is 12.2. The highest BCUT2D eigenvalue weighted by Gasteiger charge is 2.12. The van der Waals surface area contributed by atoms with Gasteiger partial charge in [0.25, 0.3) is 0 Å². The maximum Gasteiger partial charge on any atom is 0.323 e. The van der Waals surface area contributed by atoms with E-state index in [1.165, 1.54) is 6.07 Å². The van der Waals surface area contributed by atoms with Crippen LogP contribution in [0.1, 0.15) is 30.9 Å². The number of benzene rings is 2. The highest BCUT2D eigenvalue weighted by atomic mass is 16.3. The number of hydrogen-bond acceptors (Lipinski definition) is 2. The summed E-state index contributed by atoms with van der Waals surface area (Å²) in [5, 5.41) is 15.2. The molecular weight excluding hydrogens is 264 g/mol. The topological polar surface area (TPSA) is 61.4 Å². The van der Waals surface area contributed by atoms with Crippen LogP contribution in [0.25, 0.3) is 0 Å². The molecule has 0 unspecified atom stereocenters. The molecule has 0 saturated carbocycles. The smallest absolute Gasteiger partial charge is 0.323 e. The predicted molar refractivity (Wildman–Crippen MR) is 86.0 cm³/mol. The number of anilines is 2. The van der Waals surface area contributed by atoms with Gasteiger partial charge in [-0.15, -0.1) is 0 Å². The molecule has 0 bridgehead atoms. The molecule has 0 aromatic heterocycles. The van der Waals surface area contributed by atoms with Crippen molar-refractivity contribution in [3.05, 3.63) is 53.6 Å². The van der Waals surface area contributed by atoms with Crippen molar-refractivity contribution in [1.82, 2.24) is 0 Å². The van der Waals surface area contributed by atoms with Crippen LogP contribution in [0.5, 0.6) is 5.75 Å². The number of carbonyl (C=O) groups excluding carboxylic acids is 1. The molecule has 0 saturated heterocycles. The van der Waals surface area contributed by atoms with Gasteiger partial charge in [-0.25, -0.2) is 4.79 Å². The highest BCUT2D eigenvalue weighted by Crippen LogP contribution is 2.28. The van der Waals surface area contributed by atoms with Crippen LogP contribution >= 0.6 is 0 Å². The van der Waals surface area contributed by atoms with E-state index < -0.39 is 0 Å². The average molecular weight is 284 g/mol. The first-order valence-corrected chi connectivity index (χ1v) is 6.94. The van der Waals surface area contributed by atoms with Gasteiger partial charge in [-0.2, -0.15) is 0 Å². The first kappa shape index (κ1) is 14.9. The number of hydrogen-bond donors (Lipinski definition) is 3. The highest BCUT2D eigenvalue weighted by molar-refractivity contribution is 6.01. The number of phenolic OH excluding ortho intramolecular Hbond substituents is 1. The summed E-state index contributed by atoms with van der Waals surface area (Å²) < 4.78 is 0. The van der Waals surface area contributed by atoms with Crippen molar-refractivity contribution in [2.75, 3.05) is 10.6 Å². The molecule has 0 fully saturated rings. The van der Waals surface area contributed by atoms with Crippen molar-refractivity contribution >= 4 is 17.4 Å². The number of aryl methyl sites for hydroxylation is 1. The van der Waals surface area contributed by atoms with Crippen LogP contribution in [-0.2, 0) is 0 Å². The lowest BCUT2D eigenvalue weighted by molar-refractivity contribution is 0.262. The molecule has 4 heteroatoms. The van der Waals surface area contributed by atoms with Gasteiger partial charge >= 0.3 is 6.03 Å². The standard InChI is InChI=1S/C17H20N2O2/c1-11(2)13-8-6-7-12(3)16(13)19-17(21)18-14-9-4-5-10-15(14)20/h4-11,20H,1-3H3,(H2,18,19,21). The third kappa shape index (κ3) is 3.54. The molecule has 0 heterocycles. The van der Waals surface area contributed by atoms with Gasteiger partial charge in [-0.05, 0) is 36.1 Å². The normalized spacial score (nSPS) is 10.5. The summed E-state index contributed by atoms with van der Waals surface area (Å²) in [5.41, 5.74) is 3.30. The maximum atomic E-state index is 12.1. The van der Waals surface area contributed by atoms with Crippen molar-refractivity contribution in [3.63, 3.8) is 0 Å². The van der Waals surface area contributed by atoms with E-state index in [9.17, 15) is 9.90 Å². The second-order valence-electron chi connectivity index (χ2n) is 5.29. The number of phenols is 1. The van der Waals surface area contributed by atoms with Crippen LogP contribution < -0.4 is 10.6 Å². The van der Waals surface area contributed by atoms with Gasteiger partial charge in [0.15, 0.2) is 0 Å². The van der Waals surface area contributed by atoms with Crippen LogP contribution in [-0.4, -0.2) is 11.1 Å². The number of aromatic hydroxyl groups is 1. The lowest BCUT2D eigenvalue weighted by atomic mass is 9.98. The van der Waals surface area contributed by atoms with E-state index in [1.54, 1.807) is 18.2 Å². The van der Waals surface area contributed by atoms with E-state index in [2.05, 4.69) is 24.5 Å². The number of nitrogens with one attached hydrogen (secondary N) is 2. The quantitative estimate of drug-likeness (QED) is 0.728. The van der Waals surface area contributed by atoms with E-state index in [-0.39, 0.29) is 11.8 Å². The largest absolute Gasteiger partial charge is 0.506 e. The first-order valence-electron chi connectivity index (χ1n) is 6.94. The minimum atomic E-state index is -0.368. The minimum absolute atomic E-state index is 0.0431. The molecular formula is C17H20N2O2. The van der Waals surface area contributed by atoms with Crippen LogP contribution in [0, 0.1) is 6.92 Å². The summed E-state index contributed by atoms with van der Waals surface area (Å²) in [6.45, 7) is 6.13. The SMILES string of the molecule is Cc1cccc(C(C)C)c1NC(=O)Nc1ccccc1O. The molecule has 4 nitrogen and oxygen atoms in total. The van der Waals surface area contributed by atoms with Crippen LogP contribution in [0.15, 0.2) is 42.5 Å². The number of amides is 2. The van der Waals surface area contributed by atoms with E-state index in [1.807, 2.05) is 25.1 Å². The maximum absolute atomic E-state index is 12.1. The van der Waals surface area contributed by atoms with Crippen LogP contribution in [0.4, 0.5) is 16.2 Å². The van der Waals surface area contributed by atoms with E-state index >= 15 is 0 Å². The van der Waals surface area contributed by atoms with Crippen LogP contribution in [0.3, 0.4) is 0 Å². The summed E-state index contributed by atoms with van der Waals surface area (Å²) >= 11 is 0. The Morgan fingerprint density at radius 2 is 1.76 bits per heavy atom. The van der Waals surface area contributed by atoms with Gasteiger partial charge in [-0.3, -0.25) is 0 Å². The number of carbonyl (C=O) groups is 1. The summed E-state index contributed by atoms with van der Waals surface area (Å²) in [6.07, 6.45) is 0. The molecule has 2 rings (SSSR count). The molecule has 21 heavy (non-hydrogen) atoms. The Bertz CT molecular complexity index is 651. The number of urea groups is 1. The Kier molecular flexibility index (Phi) is 4.48. The molecule has 0 spiro atoms. The van der Waals surface area contributed by atoms with Gasteiger partial charge in [0.1, 0.15) is 5.75 Å². The van der Waals surface area contributed by atoms with E-state index in [4.69, 9.17) is 0 Å². The van der Waals surface area contributed by atoms with Gasteiger partial charge in [0, 0.05) is 5.69 Å². The summed E-state index contributed by atoms with van der Waals surface area (Å²) in [5.74, 6) is 0.354. The van der Waals surface area contributed by atoms with Gasteiger partial charge in [-0.1, -0.05) is 44.2 Å². The molecule has 0 radical (unpaired) electrons. The van der Waals surface area contributed by atoms with Crippen molar-refractivity contribution in [2.24, 2.45) is 0 Å². The molecule has 3 N–H and O–H groups in total. The monoisotopic (exact) mass is 284 g/mol. The van der Waals surface area contributed by atoms with Crippen molar-refractivity contribution in [1.29, 1.82) is 0 Å². The van der Waals surface area contributed by atoms with Crippen molar-refractivity contribution < 1.29 is 9.90 Å². The second kappa shape index (κ2) is 6.31. The zero-order valence-electron chi connectivity index (χ0n) is 12.5. The fraction of sp³-hybridized carbons (Fsp3) is 0.235. The molecule has 0 atom stereocenters. The van der Waals surface area contributed by atoms with Crippen molar-refractivity contribution in [3.8, 4) is 5.75 Å². The Morgan fingerprint density at radius 1 is 1.05 bits per heavy atom. The molecule has 2 aromatic carbocycles. The zero-order valence-corrected chi connectivity index (χ0v) is 12.5. The van der Waals surface area contributed by atoms with Gasteiger partial charge in [0.2, 0.25) is 0 Å². The minimum Gasteiger partial charge on any atom is -0.506 e. The molecule has 2 aromatic rings. The lowest BCUT2D eigenvalue weighted by Gasteiger charge is -2.17. The third-order valence-electron chi connectivity index (χ3n) is 3.32. The Labute approximate surface area is 124 Å². The fourth-order valence-corrected chi connectivity index (χ4v) is 2.19. The number of para-hydroxylation sites is 3. The summed E-state index contributed by atoms with van der Waals surface area (Å²) in [7, 11) is 0. The molecule has 0 aliphatic carbocycles. The fourth-order valence-electron chi connectivity index (χ4n) is 2.19. The first-order chi connectivity index (χ1) is 9.99. The Balaban J connectivity index is 2.19. The van der Waals surface area contributed by atoms with E-state index in [0.29, 0.717) is 11.6 Å². The van der Waals surface area contributed by atoms with Gasteiger partial charge in [0.05, 0.1) is 5.69 Å². The lowest BCUT2D eigenvalue weighted by Crippen LogP contribution is -2.21. The zero-order chi connectivity index (χ0) is 15.4. The summed E-state index contributed by atoms with van der Waals surface area (Å²) in [4.78, 5) is 12.1. The van der Waals surface area contributed by atoms with Crippen LogP contribution in [0.2, 0.25) is 0 Å². The third-order valence-corrected chi connectivity index (χ3v) is 3.32. The Hall–Kier alpha value is -2.49. The number of rotatable bonds is 3. The molecule has 0 aliphatic heterocycles. The molecule has 0 aliphatic rings. The average Bonchev–Trinajstić information content (AvgIpc) is 2.43. The van der Waals surface area contributed by atoms with E-state index in [0.717, 1.165) is 16.8 Å². The van der Waals surface area contributed by atoms with Gasteiger partial charge < -0.3 is 15.7 Å². The second-order valence-corrected chi connectivity index (χ2v) is 5.29. The predicted octanol–water partition coefficient (Wildman–Crippen LogP) is 4.47.